The smallest absolute Gasteiger partial charge is 0.334 e. The van der Waals surface area contributed by atoms with Crippen LogP contribution in [0, 0.1) is 13.8 Å². The third-order valence-electron chi connectivity index (χ3n) is 3.58. The van der Waals surface area contributed by atoms with Crippen LogP contribution < -0.4 is 16.2 Å². The number of anilines is 1. The number of aryl methyl sites for hydroxylation is 2. The van der Waals surface area contributed by atoms with Gasteiger partial charge in [0.2, 0.25) is 0 Å². The van der Waals surface area contributed by atoms with Gasteiger partial charge < -0.3 is 10.4 Å². The fraction of sp³-hybridized carbons (Fsp3) is 0.222. The summed E-state index contributed by atoms with van der Waals surface area (Å²) in [6.45, 7) is 3.91. The summed E-state index contributed by atoms with van der Waals surface area (Å²) in [5, 5.41) is 11.7. The topological polar surface area (TPSA) is 90.5 Å². The molecule has 126 valence electrons. The molecule has 4 N–H and O–H groups in total. The van der Waals surface area contributed by atoms with Crippen molar-refractivity contribution in [1.82, 2.24) is 10.7 Å². The van der Waals surface area contributed by atoms with Crippen molar-refractivity contribution in [2.24, 2.45) is 0 Å². The van der Waals surface area contributed by atoms with E-state index in [1.807, 2.05) is 62.4 Å². The first-order valence-electron chi connectivity index (χ1n) is 7.62. The highest BCUT2D eigenvalue weighted by Crippen LogP contribution is 2.14. The quantitative estimate of drug-likeness (QED) is 0.614. The van der Waals surface area contributed by atoms with Crippen molar-refractivity contribution >= 4 is 17.7 Å². The van der Waals surface area contributed by atoms with Crippen LogP contribution >= 0.6 is 0 Å². The van der Waals surface area contributed by atoms with Crippen LogP contribution in [0.25, 0.3) is 0 Å². The molecule has 0 aliphatic rings. The molecule has 6 nitrogen and oxygen atoms in total. The van der Waals surface area contributed by atoms with Crippen LogP contribution in [-0.2, 0) is 11.2 Å². The molecule has 2 rings (SSSR count). The maximum absolute atomic E-state index is 12.0. The van der Waals surface area contributed by atoms with Crippen LogP contribution in [0.1, 0.15) is 16.7 Å². The van der Waals surface area contributed by atoms with Gasteiger partial charge in [-0.1, -0.05) is 48.0 Å². The Labute approximate surface area is 140 Å². The zero-order valence-corrected chi connectivity index (χ0v) is 13.7. The van der Waals surface area contributed by atoms with Crippen molar-refractivity contribution in [2.45, 2.75) is 26.3 Å². The first-order valence-corrected chi connectivity index (χ1v) is 7.62. The number of carboxylic acid groups (broad SMARTS) is 1. The minimum Gasteiger partial charge on any atom is -0.480 e. The summed E-state index contributed by atoms with van der Waals surface area (Å²) in [6, 6.07) is 13.3. The highest BCUT2D eigenvalue weighted by atomic mass is 16.4. The average molecular weight is 327 g/mol. The van der Waals surface area contributed by atoms with E-state index < -0.39 is 18.0 Å². The molecule has 0 saturated heterocycles. The highest BCUT2D eigenvalue weighted by Gasteiger charge is 2.20. The molecule has 0 radical (unpaired) electrons. The summed E-state index contributed by atoms with van der Waals surface area (Å²) in [4.78, 5) is 23.3. The van der Waals surface area contributed by atoms with Gasteiger partial charge in [0.25, 0.3) is 0 Å². The van der Waals surface area contributed by atoms with Crippen LogP contribution in [0.4, 0.5) is 10.5 Å². The molecular weight excluding hydrogens is 306 g/mol. The molecule has 2 aromatic carbocycles. The largest absolute Gasteiger partial charge is 0.480 e. The lowest BCUT2D eigenvalue weighted by molar-refractivity contribution is -0.139. The lowest BCUT2D eigenvalue weighted by atomic mass is 10.1. The minimum atomic E-state index is -1.08. The highest BCUT2D eigenvalue weighted by molar-refractivity contribution is 5.83. The van der Waals surface area contributed by atoms with Crippen LogP contribution in [0.2, 0.25) is 0 Å². The van der Waals surface area contributed by atoms with Gasteiger partial charge in [-0.2, -0.15) is 0 Å². The number of benzene rings is 2. The van der Waals surface area contributed by atoms with Crippen molar-refractivity contribution in [3.8, 4) is 0 Å². The zero-order valence-electron chi connectivity index (χ0n) is 13.7. The second-order valence-electron chi connectivity index (χ2n) is 5.62. The molecule has 6 heteroatoms. The molecule has 0 spiro atoms. The van der Waals surface area contributed by atoms with E-state index in [1.165, 1.54) is 0 Å². The van der Waals surface area contributed by atoms with E-state index in [2.05, 4.69) is 16.2 Å². The summed E-state index contributed by atoms with van der Waals surface area (Å²) in [5.41, 5.74) is 8.96. The summed E-state index contributed by atoms with van der Waals surface area (Å²) in [5.74, 6) is -1.08. The van der Waals surface area contributed by atoms with E-state index in [-0.39, 0.29) is 6.42 Å². The number of rotatable bonds is 6. The average Bonchev–Trinajstić information content (AvgIpc) is 2.54. The third kappa shape index (κ3) is 5.01. The van der Waals surface area contributed by atoms with E-state index in [0.717, 1.165) is 22.4 Å². The Morgan fingerprint density at radius 1 is 1.08 bits per heavy atom. The van der Waals surface area contributed by atoms with Crippen LogP contribution in [-0.4, -0.2) is 23.1 Å². The molecule has 2 aromatic rings. The Hall–Kier alpha value is -3.02. The summed E-state index contributed by atoms with van der Waals surface area (Å²) >= 11 is 0. The van der Waals surface area contributed by atoms with Crippen LogP contribution in [0.5, 0.6) is 0 Å². The number of hydrogen-bond donors (Lipinski definition) is 4. The standard InChI is InChI=1S/C18H21N3O3/c1-12-8-9-15(13(2)10-12)20-21-18(24)19-16(17(22)23)11-14-6-4-3-5-7-14/h3-10,16,20H,11H2,1-2H3,(H,22,23)(H2,19,21,24). The Balaban J connectivity index is 1.92. The van der Waals surface area contributed by atoms with E-state index in [0.29, 0.717) is 0 Å². The first kappa shape index (κ1) is 17.3. The fourth-order valence-corrected chi connectivity index (χ4v) is 2.32. The molecular formula is C18H21N3O3. The second kappa shape index (κ2) is 8.01. The number of nitrogens with one attached hydrogen (secondary N) is 3. The molecule has 0 bridgehead atoms. The van der Waals surface area contributed by atoms with Gasteiger partial charge in [-0.15, -0.1) is 0 Å². The lowest BCUT2D eigenvalue weighted by Crippen LogP contribution is -2.48. The molecule has 0 aromatic heterocycles. The van der Waals surface area contributed by atoms with E-state index in [4.69, 9.17) is 0 Å². The summed E-state index contributed by atoms with van der Waals surface area (Å²) in [7, 11) is 0. The van der Waals surface area contributed by atoms with Crippen LogP contribution in [0.3, 0.4) is 0 Å². The summed E-state index contributed by atoms with van der Waals surface area (Å²) in [6.07, 6.45) is 0.215. The van der Waals surface area contributed by atoms with Crippen molar-refractivity contribution in [3.63, 3.8) is 0 Å². The number of aliphatic carboxylic acids is 1. The van der Waals surface area contributed by atoms with E-state index in [9.17, 15) is 14.7 Å². The van der Waals surface area contributed by atoms with Gasteiger partial charge in [0.05, 0.1) is 5.69 Å². The van der Waals surface area contributed by atoms with Crippen molar-refractivity contribution < 1.29 is 14.7 Å². The van der Waals surface area contributed by atoms with Gasteiger partial charge in [0, 0.05) is 6.42 Å². The van der Waals surface area contributed by atoms with Gasteiger partial charge in [-0.05, 0) is 31.0 Å². The number of hydrazine groups is 1. The Kier molecular flexibility index (Phi) is 5.78. The number of urea groups is 1. The van der Waals surface area contributed by atoms with Gasteiger partial charge in [-0.3, -0.25) is 10.9 Å². The number of carbonyl (C=O) groups is 2. The monoisotopic (exact) mass is 327 g/mol. The molecule has 2 amide bonds. The minimum absolute atomic E-state index is 0.215. The van der Waals surface area contributed by atoms with E-state index >= 15 is 0 Å². The molecule has 0 fully saturated rings. The van der Waals surface area contributed by atoms with Crippen molar-refractivity contribution in [2.75, 3.05) is 5.43 Å². The number of hydrogen-bond acceptors (Lipinski definition) is 3. The maximum atomic E-state index is 12.0. The molecule has 0 aliphatic carbocycles. The maximum Gasteiger partial charge on any atom is 0.334 e. The van der Waals surface area contributed by atoms with Gasteiger partial charge in [0.15, 0.2) is 0 Å². The Morgan fingerprint density at radius 3 is 2.42 bits per heavy atom. The van der Waals surface area contributed by atoms with Gasteiger partial charge >= 0.3 is 12.0 Å². The van der Waals surface area contributed by atoms with E-state index in [1.54, 1.807) is 0 Å². The van der Waals surface area contributed by atoms with Crippen molar-refractivity contribution in [1.29, 1.82) is 0 Å². The predicted octanol–water partition coefficient (Wildman–Crippen LogP) is 2.63. The molecule has 0 aliphatic heterocycles. The number of amides is 2. The third-order valence-corrected chi connectivity index (χ3v) is 3.58. The zero-order chi connectivity index (χ0) is 17.5. The second-order valence-corrected chi connectivity index (χ2v) is 5.62. The molecule has 0 heterocycles. The summed E-state index contributed by atoms with van der Waals surface area (Å²) < 4.78 is 0. The number of carboxylic acids is 1. The van der Waals surface area contributed by atoms with Gasteiger partial charge in [-0.25, -0.2) is 9.59 Å². The molecule has 1 atom stereocenters. The Bertz CT molecular complexity index is 717. The SMILES string of the molecule is Cc1ccc(NNC(=O)NC(Cc2ccccc2)C(=O)O)c(C)c1. The Morgan fingerprint density at radius 2 is 1.79 bits per heavy atom. The molecule has 0 saturated carbocycles. The van der Waals surface area contributed by atoms with Crippen molar-refractivity contribution in [3.05, 3.63) is 65.2 Å². The molecule has 24 heavy (non-hydrogen) atoms. The number of carbonyl (C=O) groups excluding carboxylic acids is 1. The first-order chi connectivity index (χ1) is 11.5. The molecule has 1 unspecified atom stereocenters. The normalized spacial score (nSPS) is 11.4. The lowest BCUT2D eigenvalue weighted by Gasteiger charge is -2.17. The fourth-order valence-electron chi connectivity index (χ4n) is 2.32. The van der Waals surface area contributed by atoms with Gasteiger partial charge in [0.1, 0.15) is 6.04 Å². The predicted molar refractivity (Wildman–Crippen MR) is 92.8 cm³/mol. The van der Waals surface area contributed by atoms with Crippen LogP contribution in [0.15, 0.2) is 48.5 Å².